The zero-order valence-electron chi connectivity index (χ0n) is 16.6. The topological polar surface area (TPSA) is 83.4 Å². The number of carbonyl (C=O) groups is 2. The molecule has 31 heavy (non-hydrogen) atoms. The van der Waals surface area contributed by atoms with E-state index in [1.807, 2.05) is 43.3 Å². The molecular weight excluding hydrogens is 410 g/mol. The average molecular weight is 430 g/mol. The number of aryl methyl sites for hydroxylation is 1. The molecule has 0 radical (unpaired) electrons. The summed E-state index contributed by atoms with van der Waals surface area (Å²) in [5.74, 6) is -0.372. The summed E-state index contributed by atoms with van der Waals surface area (Å²) in [4.78, 5) is 24.8. The first-order valence-electron chi connectivity index (χ1n) is 9.57. The van der Waals surface area contributed by atoms with Crippen LogP contribution in [0.5, 0.6) is 0 Å². The number of hydrogen-bond donors (Lipinski definition) is 3. The van der Waals surface area contributed by atoms with Crippen LogP contribution in [0.4, 0.5) is 11.4 Å². The quantitative estimate of drug-likeness (QED) is 0.392. The maximum absolute atomic E-state index is 12.6. The molecule has 0 saturated heterocycles. The van der Waals surface area contributed by atoms with Gasteiger partial charge in [0.15, 0.2) is 10.9 Å². The zero-order chi connectivity index (χ0) is 21.8. The van der Waals surface area contributed by atoms with Crippen LogP contribution < -0.4 is 16.0 Å². The predicted molar refractivity (Wildman–Crippen MR) is 125 cm³/mol. The molecule has 0 spiro atoms. The highest BCUT2D eigenvalue weighted by molar-refractivity contribution is 7.80. The van der Waals surface area contributed by atoms with Crippen LogP contribution in [0.3, 0.4) is 0 Å². The summed E-state index contributed by atoms with van der Waals surface area (Å²) in [5.41, 5.74) is 3.35. The summed E-state index contributed by atoms with van der Waals surface area (Å²) in [5, 5.41) is 9.54. The molecule has 2 amide bonds. The second-order valence-corrected chi connectivity index (χ2v) is 7.31. The first-order valence-corrected chi connectivity index (χ1v) is 9.98. The number of anilines is 2. The summed E-state index contributed by atoms with van der Waals surface area (Å²) < 4.78 is 5.61. The van der Waals surface area contributed by atoms with Crippen molar-refractivity contribution in [1.29, 1.82) is 0 Å². The van der Waals surface area contributed by atoms with Gasteiger partial charge in [-0.3, -0.25) is 14.9 Å². The van der Waals surface area contributed by atoms with Crippen LogP contribution in [0.25, 0.3) is 11.0 Å². The van der Waals surface area contributed by atoms with Crippen molar-refractivity contribution in [3.05, 3.63) is 95.7 Å². The number of fused-ring (bicyclic) bond motifs is 1. The lowest BCUT2D eigenvalue weighted by molar-refractivity contribution is 0.0975. The molecule has 6 nitrogen and oxygen atoms in total. The molecule has 0 aliphatic heterocycles. The molecule has 3 aromatic carbocycles. The van der Waals surface area contributed by atoms with E-state index in [4.69, 9.17) is 16.6 Å². The van der Waals surface area contributed by atoms with Gasteiger partial charge in [0.1, 0.15) is 5.58 Å². The SMILES string of the molecule is Cc1cc(NC(=S)NC(=O)c2ccccc2)ccc1NC(=O)c1cc2ccccc2o1. The fraction of sp³-hybridized carbons (Fsp3) is 0.0417. The number of amides is 2. The molecule has 1 aromatic heterocycles. The molecular formula is C24H19N3O3S. The van der Waals surface area contributed by atoms with E-state index in [0.717, 1.165) is 10.9 Å². The lowest BCUT2D eigenvalue weighted by atomic mass is 10.1. The molecule has 0 aliphatic rings. The highest BCUT2D eigenvalue weighted by Gasteiger charge is 2.14. The maximum Gasteiger partial charge on any atom is 0.291 e. The van der Waals surface area contributed by atoms with Gasteiger partial charge in [0.25, 0.3) is 11.8 Å². The Kier molecular flexibility index (Phi) is 5.77. The number of furan rings is 1. The van der Waals surface area contributed by atoms with Gasteiger partial charge in [-0.25, -0.2) is 0 Å². The maximum atomic E-state index is 12.6. The number of para-hydroxylation sites is 1. The van der Waals surface area contributed by atoms with Gasteiger partial charge in [-0.1, -0.05) is 36.4 Å². The Bertz CT molecular complexity index is 1250. The molecule has 7 heteroatoms. The molecule has 0 aliphatic carbocycles. The summed E-state index contributed by atoms with van der Waals surface area (Å²) >= 11 is 5.23. The van der Waals surface area contributed by atoms with Crippen molar-refractivity contribution in [3.63, 3.8) is 0 Å². The van der Waals surface area contributed by atoms with Crippen LogP contribution in [0.15, 0.2) is 83.3 Å². The van der Waals surface area contributed by atoms with E-state index in [0.29, 0.717) is 22.5 Å². The van der Waals surface area contributed by atoms with E-state index in [2.05, 4.69) is 16.0 Å². The Morgan fingerprint density at radius 2 is 1.58 bits per heavy atom. The van der Waals surface area contributed by atoms with Gasteiger partial charge < -0.3 is 15.1 Å². The average Bonchev–Trinajstić information content (AvgIpc) is 3.20. The van der Waals surface area contributed by atoms with Gasteiger partial charge in [-0.2, -0.15) is 0 Å². The van der Waals surface area contributed by atoms with Crippen molar-refractivity contribution >= 4 is 51.5 Å². The van der Waals surface area contributed by atoms with Crippen LogP contribution in [-0.4, -0.2) is 16.9 Å². The van der Waals surface area contributed by atoms with Crippen LogP contribution in [0, 0.1) is 6.92 Å². The lowest BCUT2D eigenvalue weighted by Gasteiger charge is -2.12. The second kappa shape index (κ2) is 8.81. The minimum absolute atomic E-state index is 0.187. The number of thiocarbonyl (C=S) groups is 1. The largest absolute Gasteiger partial charge is 0.451 e. The van der Waals surface area contributed by atoms with Crippen molar-refractivity contribution in [2.75, 3.05) is 10.6 Å². The van der Waals surface area contributed by atoms with Gasteiger partial charge in [0.2, 0.25) is 0 Å². The van der Waals surface area contributed by atoms with Crippen LogP contribution >= 0.6 is 12.2 Å². The Morgan fingerprint density at radius 1 is 0.839 bits per heavy atom. The van der Waals surface area contributed by atoms with Gasteiger partial charge in [0.05, 0.1) is 0 Å². The van der Waals surface area contributed by atoms with Crippen LogP contribution in [0.2, 0.25) is 0 Å². The summed E-state index contributed by atoms with van der Waals surface area (Å²) in [6, 6.07) is 23.4. The third-order valence-corrected chi connectivity index (χ3v) is 4.85. The van der Waals surface area contributed by atoms with Crippen molar-refractivity contribution in [2.24, 2.45) is 0 Å². The molecule has 4 aromatic rings. The molecule has 1 heterocycles. The number of nitrogens with one attached hydrogen (secondary N) is 3. The second-order valence-electron chi connectivity index (χ2n) is 6.91. The number of hydrogen-bond acceptors (Lipinski definition) is 4. The Hall–Kier alpha value is -3.97. The minimum atomic E-state index is -0.328. The third kappa shape index (κ3) is 4.79. The first kappa shape index (κ1) is 20.3. The van der Waals surface area contributed by atoms with Gasteiger partial charge in [-0.05, 0) is 67.2 Å². The molecule has 0 fully saturated rings. The Balaban J connectivity index is 1.40. The number of rotatable bonds is 4. The lowest BCUT2D eigenvalue weighted by Crippen LogP contribution is -2.34. The fourth-order valence-corrected chi connectivity index (χ4v) is 3.30. The van der Waals surface area contributed by atoms with Crippen molar-refractivity contribution in [1.82, 2.24) is 5.32 Å². The summed E-state index contributed by atoms with van der Waals surface area (Å²) in [6.07, 6.45) is 0. The van der Waals surface area contributed by atoms with Gasteiger partial charge in [-0.15, -0.1) is 0 Å². The first-order chi connectivity index (χ1) is 15.0. The van der Waals surface area contributed by atoms with Gasteiger partial charge in [0, 0.05) is 22.3 Å². The standard InChI is InChI=1S/C24H19N3O3S/c1-15-13-18(25-24(31)27-22(28)16-7-3-2-4-8-16)11-12-19(15)26-23(29)21-14-17-9-5-6-10-20(17)30-21/h2-14H,1H3,(H,26,29)(H2,25,27,28,31). The Labute approximate surface area is 184 Å². The van der Waals surface area contributed by atoms with Gasteiger partial charge >= 0.3 is 0 Å². The smallest absolute Gasteiger partial charge is 0.291 e. The van der Waals surface area contributed by atoms with Crippen molar-refractivity contribution in [3.8, 4) is 0 Å². The third-order valence-electron chi connectivity index (χ3n) is 4.64. The Morgan fingerprint density at radius 3 is 2.32 bits per heavy atom. The molecule has 4 rings (SSSR count). The fourth-order valence-electron chi connectivity index (χ4n) is 3.09. The highest BCUT2D eigenvalue weighted by atomic mass is 32.1. The van der Waals surface area contributed by atoms with Crippen LogP contribution in [-0.2, 0) is 0 Å². The van der Waals surface area contributed by atoms with E-state index < -0.39 is 0 Å². The zero-order valence-corrected chi connectivity index (χ0v) is 17.5. The van der Waals surface area contributed by atoms with E-state index >= 15 is 0 Å². The van der Waals surface area contributed by atoms with Crippen molar-refractivity contribution < 1.29 is 14.0 Å². The molecule has 0 unspecified atom stereocenters. The monoisotopic (exact) mass is 429 g/mol. The molecule has 3 N–H and O–H groups in total. The summed E-state index contributed by atoms with van der Waals surface area (Å²) in [6.45, 7) is 1.87. The van der Waals surface area contributed by atoms with E-state index in [-0.39, 0.29) is 22.7 Å². The number of benzene rings is 3. The minimum Gasteiger partial charge on any atom is -0.451 e. The molecule has 0 saturated carbocycles. The molecule has 0 bridgehead atoms. The number of carbonyl (C=O) groups excluding carboxylic acids is 2. The molecule has 154 valence electrons. The summed E-state index contributed by atoms with van der Waals surface area (Å²) in [7, 11) is 0. The highest BCUT2D eigenvalue weighted by Crippen LogP contribution is 2.23. The predicted octanol–water partition coefficient (Wildman–Crippen LogP) is 5.12. The molecule has 0 atom stereocenters. The van der Waals surface area contributed by atoms with E-state index in [1.54, 1.807) is 42.5 Å². The van der Waals surface area contributed by atoms with E-state index in [1.165, 1.54) is 0 Å². The van der Waals surface area contributed by atoms with Crippen molar-refractivity contribution in [2.45, 2.75) is 6.92 Å². The normalized spacial score (nSPS) is 10.5. The van der Waals surface area contributed by atoms with E-state index in [9.17, 15) is 9.59 Å². The van der Waals surface area contributed by atoms with Crippen LogP contribution in [0.1, 0.15) is 26.5 Å².